The van der Waals surface area contributed by atoms with Gasteiger partial charge in [-0.1, -0.05) is 34.5 Å². The standard InChI is InChI=1S/C13H17BrClN/c1-2-13(5-6-13)9-16-8-10-7-11(15)3-4-12(10)14/h3-4,7,16H,2,5-6,8-9H2,1H3. The van der Waals surface area contributed by atoms with Gasteiger partial charge in [0.1, 0.15) is 0 Å². The number of rotatable bonds is 5. The third kappa shape index (κ3) is 2.99. The summed E-state index contributed by atoms with van der Waals surface area (Å²) in [5, 5.41) is 4.34. The molecule has 1 N–H and O–H groups in total. The van der Waals surface area contributed by atoms with Gasteiger partial charge in [0, 0.05) is 22.6 Å². The minimum absolute atomic E-state index is 0.602. The summed E-state index contributed by atoms with van der Waals surface area (Å²) in [5.41, 5.74) is 1.84. The molecule has 0 saturated heterocycles. The van der Waals surface area contributed by atoms with E-state index >= 15 is 0 Å². The van der Waals surface area contributed by atoms with Gasteiger partial charge in [0.2, 0.25) is 0 Å². The van der Waals surface area contributed by atoms with Gasteiger partial charge in [-0.3, -0.25) is 0 Å². The molecule has 1 aromatic carbocycles. The molecule has 0 heterocycles. The van der Waals surface area contributed by atoms with E-state index < -0.39 is 0 Å². The van der Waals surface area contributed by atoms with Crippen molar-refractivity contribution >= 4 is 27.5 Å². The van der Waals surface area contributed by atoms with Crippen LogP contribution in [-0.4, -0.2) is 6.54 Å². The molecule has 0 aromatic heterocycles. The number of nitrogens with one attached hydrogen (secondary N) is 1. The summed E-state index contributed by atoms with van der Waals surface area (Å²) in [7, 11) is 0. The van der Waals surface area contributed by atoms with Crippen molar-refractivity contribution in [1.82, 2.24) is 5.32 Å². The first-order valence-electron chi connectivity index (χ1n) is 5.80. The van der Waals surface area contributed by atoms with E-state index in [0.29, 0.717) is 5.41 Å². The van der Waals surface area contributed by atoms with Gasteiger partial charge in [-0.05, 0) is 48.4 Å². The van der Waals surface area contributed by atoms with Crippen molar-refractivity contribution in [3.05, 3.63) is 33.3 Å². The molecule has 1 nitrogen and oxygen atoms in total. The van der Waals surface area contributed by atoms with Crippen molar-refractivity contribution in [3.63, 3.8) is 0 Å². The van der Waals surface area contributed by atoms with Crippen LogP contribution in [0.25, 0.3) is 0 Å². The lowest BCUT2D eigenvalue weighted by molar-refractivity contribution is 0.443. The highest BCUT2D eigenvalue weighted by molar-refractivity contribution is 9.10. The molecule has 1 saturated carbocycles. The minimum Gasteiger partial charge on any atom is -0.312 e. The van der Waals surface area contributed by atoms with Crippen LogP contribution in [0.4, 0.5) is 0 Å². The molecule has 1 fully saturated rings. The van der Waals surface area contributed by atoms with Gasteiger partial charge in [-0.15, -0.1) is 0 Å². The summed E-state index contributed by atoms with van der Waals surface area (Å²) in [6, 6.07) is 5.93. The molecule has 2 rings (SSSR count). The summed E-state index contributed by atoms with van der Waals surface area (Å²) in [5.74, 6) is 0. The fraction of sp³-hybridized carbons (Fsp3) is 0.538. The second kappa shape index (κ2) is 5.07. The molecular formula is C13H17BrClN. The molecule has 88 valence electrons. The number of benzene rings is 1. The van der Waals surface area contributed by atoms with Crippen LogP contribution >= 0.6 is 27.5 Å². The SMILES string of the molecule is CCC1(CNCc2cc(Cl)ccc2Br)CC1. The monoisotopic (exact) mass is 301 g/mol. The maximum Gasteiger partial charge on any atom is 0.0410 e. The van der Waals surface area contributed by atoms with Crippen LogP contribution in [0.5, 0.6) is 0 Å². The predicted octanol–water partition coefficient (Wildman–Crippen LogP) is 4.38. The van der Waals surface area contributed by atoms with Crippen LogP contribution in [0.3, 0.4) is 0 Å². The van der Waals surface area contributed by atoms with Crippen LogP contribution in [0.1, 0.15) is 31.7 Å². The van der Waals surface area contributed by atoms with Gasteiger partial charge < -0.3 is 5.32 Å². The van der Waals surface area contributed by atoms with E-state index in [-0.39, 0.29) is 0 Å². The van der Waals surface area contributed by atoms with Gasteiger partial charge in [-0.25, -0.2) is 0 Å². The van der Waals surface area contributed by atoms with Crippen LogP contribution < -0.4 is 5.32 Å². The molecule has 1 aromatic rings. The lowest BCUT2D eigenvalue weighted by Gasteiger charge is -2.14. The topological polar surface area (TPSA) is 12.0 Å². The van der Waals surface area contributed by atoms with Crippen LogP contribution in [0.2, 0.25) is 5.02 Å². The minimum atomic E-state index is 0.602. The first-order valence-corrected chi connectivity index (χ1v) is 6.97. The molecule has 3 heteroatoms. The Bertz CT molecular complexity index is 374. The lowest BCUT2D eigenvalue weighted by atomic mass is 10.0. The molecule has 1 aliphatic rings. The van der Waals surface area contributed by atoms with E-state index in [1.165, 1.54) is 24.8 Å². The maximum absolute atomic E-state index is 5.98. The van der Waals surface area contributed by atoms with Crippen molar-refractivity contribution in [2.45, 2.75) is 32.7 Å². The number of hydrogen-bond donors (Lipinski definition) is 1. The van der Waals surface area contributed by atoms with Crippen molar-refractivity contribution < 1.29 is 0 Å². The van der Waals surface area contributed by atoms with Gasteiger partial charge in [0.05, 0.1) is 0 Å². The third-order valence-electron chi connectivity index (χ3n) is 3.53. The maximum atomic E-state index is 5.98. The zero-order valence-electron chi connectivity index (χ0n) is 9.52. The van der Waals surface area contributed by atoms with Crippen LogP contribution in [-0.2, 0) is 6.54 Å². The Morgan fingerprint density at radius 2 is 2.19 bits per heavy atom. The summed E-state index contributed by atoms with van der Waals surface area (Å²) < 4.78 is 1.13. The van der Waals surface area contributed by atoms with Gasteiger partial charge in [0.25, 0.3) is 0 Å². The van der Waals surface area contributed by atoms with Gasteiger partial charge in [-0.2, -0.15) is 0 Å². The van der Waals surface area contributed by atoms with E-state index in [1.807, 2.05) is 18.2 Å². The highest BCUT2D eigenvalue weighted by Gasteiger charge is 2.39. The summed E-state index contributed by atoms with van der Waals surface area (Å²) in [6.07, 6.45) is 4.05. The fourth-order valence-corrected chi connectivity index (χ4v) is 2.55. The molecule has 0 atom stereocenters. The lowest BCUT2D eigenvalue weighted by Crippen LogP contribution is -2.23. The third-order valence-corrected chi connectivity index (χ3v) is 4.54. The normalized spacial score (nSPS) is 17.4. The Morgan fingerprint density at radius 3 is 2.81 bits per heavy atom. The number of halogens is 2. The molecule has 16 heavy (non-hydrogen) atoms. The summed E-state index contributed by atoms with van der Waals surface area (Å²) >= 11 is 9.52. The Kier molecular flexibility index (Phi) is 3.93. The molecule has 0 aliphatic heterocycles. The van der Waals surface area contributed by atoms with E-state index in [2.05, 4.69) is 28.2 Å². The van der Waals surface area contributed by atoms with E-state index in [1.54, 1.807) is 0 Å². The Labute approximate surface area is 111 Å². The van der Waals surface area contributed by atoms with Crippen molar-refractivity contribution in [1.29, 1.82) is 0 Å². The van der Waals surface area contributed by atoms with E-state index in [9.17, 15) is 0 Å². The molecule has 0 unspecified atom stereocenters. The zero-order valence-corrected chi connectivity index (χ0v) is 11.9. The Morgan fingerprint density at radius 1 is 1.44 bits per heavy atom. The molecule has 0 spiro atoms. The van der Waals surface area contributed by atoms with Crippen molar-refractivity contribution in [2.24, 2.45) is 5.41 Å². The quantitative estimate of drug-likeness (QED) is 0.851. The molecule has 0 amide bonds. The van der Waals surface area contributed by atoms with Crippen LogP contribution in [0.15, 0.2) is 22.7 Å². The van der Waals surface area contributed by atoms with E-state index in [0.717, 1.165) is 22.6 Å². The predicted molar refractivity (Wildman–Crippen MR) is 72.8 cm³/mol. The van der Waals surface area contributed by atoms with E-state index in [4.69, 9.17) is 11.6 Å². The number of hydrogen-bond acceptors (Lipinski definition) is 1. The summed E-state index contributed by atoms with van der Waals surface area (Å²) in [4.78, 5) is 0. The van der Waals surface area contributed by atoms with Gasteiger partial charge >= 0.3 is 0 Å². The first kappa shape index (κ1) is 12.4. The van der Waals surface area contributed by atoms with Gasteiger partial charge in [0.15, 0.2) is 0 Å². The van der Waals surface area contributed by atoms with Crippen LogP contribution in [0, 0.1) is 5.41 Å². The fourth-order valence-electron chi connectivity index (χ4n) is 1.97. The summed E-state index contributed by atoms with van der Waals surface area (Å²) in [6.45, 7) is 4.30. The van der Waals surface area contributed by atoms with Crippen molar-refractivity contribution in [3.8, 4) is 0 Å². The molecule has 1 aliphatic carbocycles. The first-order chi connectivity index (χ1) is 7.65. The molecular weight excluding hydrogens is 286 g/mol. The smallest absolute Gasteiger partial charge is 0.0410 e. The average molecular weight is 303 g/mol. The molecule has 0 bridgehead atoms. The second-order valence-corrected chi connectivity index (χ2v) is 5.98. The largest absolute Gasteiger partial charge is 0.312 e. The Hall–Kier alpha value is -0.0500. The zero-order chi connectivity index (χ0) is 11.6. The Balaban J connectivity index is 1.87. The second-order valence-electron chi connectivity index (χ2n) is 4.69. The highest BCUT2D eigenvalue weighted by Crippen LogP contribution is 2.47. The molecule has 0 radical (unpaired) electrons. The average Bonchev–Trinajstić information content (AvgIpc) is 3.04. The highest BCUT2D eigenvalue weighted by atomic mass is 79.9. The van der Waals surface area contributed by atoms with Crippen molar-refractivity contribution in [2.75, 3.05) is 6.54 Å².